The third-order valence-electron chi connectivity index (χ3n) is 3.29. The number of nitrogens with two attached hydrogens (primary N) is 1. The molecule has 0 bridgehead atoms. The second kappa shape index (κ2) is 5.64. The van der Waals surface area contributed by atoms with Gasteiger partial charge >= 0.3 is 0 Å². The highest BCUT2D eigenvalue weighted by molar-refractivity contribution is 5.77. The van der Waals surface area contributed by atoms with E-state index in [9.17, 15) is 4.79 Å². The molecule has 1 aliphatic carbocycles. The molecule has 0 radical (unpaired) electrons. The van der Waals surface area contributed by atoms with Crippen molar-refractivity contribution in [3.8, 4) is 0 Å². The van der Waals surface area contributed by atoms with E-state index >= 15 is 0 Å². The minimum absolute atomic E-state index is 0.0500. The minimum Gasteiger partial charge on any atom is -0.367 e. The molecule has 0 aromatic rings. The Bertz CT molecular complexity index is 241. The number of hydrogen-bond acceptors (Lipinski definition) is 3. The lowest BCUT2D eigenvalue weighted by Crippen LogP contribution is -2.45. The standard InChI is InChI=1S/C12H24N2O2/c1-4-12(2,3)14-11(15)8-16-10-7-5-6-9(10)13/h9-10H,4-8,13H2,1-3H3,(H,14,15). The first-order valence-corrected chi connectivity index (χ1v) is 6.13. The van der Waals surface area contributed by atoms with Gasteiger partial charge in [0, 0.05) is 11.6 Å². The minimum atomic E-state index is -0.155. The van der Waals surface area contributed by atoms with Crippen LogP contribution in [0.3, 0.4) is 0 Å². The Labute approximate surface area is 97.9 Å². The first-order valence-electron chi connectivity index (χ1n) is 6.13. The topological polar surface area (TPSA) is 64.3 Å². The monoisotopic (exact) mass is 228 g/mol. The molecule has 0 saturated heterocycles. The maximum absolute atomic E-state index is 11.6. The largest absolute Gasteiger partial charge is 0.367 e. The molecule has 1 saturated carbocycles. The summed E-state index contributed by atoms with van der Waals surface area (Å²) >= 11 is 0. The molecule has 2 atom stereocenters. The van der Waals surface area contributed by atoms with Crippen molar-refractivity contribution in [1.29, 1.82) is 0 Å². The molecular formula is C12H24N2O2. The van der Waals surface area contributed by atoms with Gasteiger partial charge in [-0.2, -0.15) is 0 Å². The van der Waals surface area contributed by atoms with E-state index in [-0.39, 0.29) is 30.2 Å². The van der Waals surface area contributed by atoms with Crippen molar-refractivity contribution >= 4 is 5.91 Å². The Morgan fingerprint density at radius 3 is 2.69 bits per heavy atom. The van der Waals surface area contributed by atoms with Crippen LogP contribution in [-0.4, -0.2) is 30.2 Å². The molecule has 0 aliphatic heterocycles. The van der Waals surface area contributed by atoms with Crippen LogP contribution in [0.2, 0.25) is 0 Å². The fourth-order valence-corrected chi connectivity index (χ4v) is 1.85. The molecule has 1 aliphatic rings. The van der Waals surface area contributed by atoms with Crippen LogP contribution in [0.25, 0.3) is 0 Å². The highest BCUT2D eigenvalue weighted by atomic mass is 16.5. The van der Waals surface area contributed by atoms with Gasteiger partial charge in [-0.25, -0.2) is 0 Å². The number of rotatable bonds is 5. The zero-order valence-electron chi connectivity index (χ0n) is 10.6. The van der Waals surface area contributed by atoms with E-state index in [2.05, 4.69) is 5.32 Å². The Morgan fingerprint density at radius 1 is 1.50 bits per heavy atom. The first-order chi connectivity index (χ1) is 7.44. The van der Waals surface area contributed by atoms with Gasteiger partial charge in [0.05, 0.1) is 6.10 Å². The summed E-state index contributed by atoms with van der Waals surface area (Å²) < 4.78 is 5.53. The number of carbonyl (C=O) groups excluding carboxylic acids is 1. The second-order valence-corrected chi connectivity index (χ2v) is 5.23. The van der Waals surface area contributed by atoms with Gasteiger partial charge in [0.1, 0.15) is 6.61 Å². The van der Waals surface area contributed by atoms with Crippen LogP contribution in [0.1, 0.15) is 46.5 Å². The molecule has 1 rings (SSSR count). The summed E-state index contributed by atoms with van der Waals surface area (Å²) in [6, 6.07) is 0.104. The van der Waals surface area contributed by atoms with Crippen molar-refractivity contribution in [3.63, 3.8) is 0 Å². The van der Waals surface area contributed by atoms with Crippen LogP contribution in [0.4, 0.5) is 0 Å². The Morgan fingerprint density at radius 2 is 2.19 bits per heavy atom. The van der Waals surface area contributed by atoms with Crippen molar-refractivity contribution in [2.24, 2.45) is 5.73 Å². The van der Waals surface area contributed by atoms with Crippen molar-refractivity contribution < 1.29 is 9.53 Å². The zero-order valence-corrected chi connectivity index (χ0v) is 10.6. The molecule has 2 unspecified atom stereocenters. The van der Waals surface area contributed by atoms with E-state index in [1.165, 1.54) is 0 Å². The van der Waals surface area contributed by atoms with Gasteiger partial charge in [0.15, 0.2) is 0 Å². The van der Waals surface area contributed by atoms with Crippen LogP contribution in [-0.2, 0) is 9.53 Å². The van der Waals surface area contributed by atoms with Gasteiger partial charge in [-0.3, -0.25) is 4.79 Å². The molecule has 94 valence electrons. The van der Waals surface area contributed by atoms with E-state index < -0.39 is 0 Å². The summed E-state index contributed by atoms with van der Waals surface area (Å²) in [6.45, 7) is 6.19. The normalized spacial score (nSPS) is 25.8. The number of ether oxygens (including phenoxy) is 1. The zero-order chi connectivity index (χ0) is 12.2. The average Bonchev–Trinajstić information content (AvgIpc) is 2.60. The van der Waals surface area contributed by atoms with Gasteiger partial charge in [0.2, 0.25) is 5.91 Å². The summed E-state index contributed by atoms with van der Waals surface area (Å²) in [5.41, 5.74) is 5.71. The summed E-state index contributed by atoms with van der Waals surface area (Å²) in [6.07, 6.45) is 4.06. The van der Waals surface area contributed by atoms with Crippen molar-refractivity contribution in [3.05, 3.63) is 0 Å². The van der Waals surface area contributed by atoms with Gasteiger partial charge < -0.3 is 15.8 Å². The van der Waals surface area contributed by atoms with E-state index in [0.29, 0.717) is 0 Å². The van der Waals surface area contributed by atoms with Crippen LogP contribution in [0.5, 0.6) is 0 Å². The molecule has 0 aromatic heterocycles. The number of carbonyl (C=O) groups is 1. The van der Waals surface area contributed by atoms with Crippen LogP contribution in [0.15, 0.2) is 0 Å². The Kier molecular flexibility index (Phi) is 4.74. The molecule has 3 N–H and O–H groups in total. The summed E-state index contributed by atoms with van der Waals surface area (Å²) in [5, 5.41) is 2.94. The molecule has 1 fully saturated rings. The van der Waals surface area contributed by atoms with Gasteiger partial charge in [-0.05, 0) is 39.5 Å². The molecule has 0 aromatic carbocycles. The lowest BCUT2D eigenvalue weighted by Gasteiger charge is -2.25. The maximum Gasteiger partial charge on any atom is 0.246 e. The Balaban J connectivity index is 2.25. The lowest BCUT2D eigenvalue weighted by atomic mass is 10.0. The molecule has 0 heterocycles. The Hall–Kier alpha value is -0.610. The molecular weight excluding hydrogens is 204 g/mol. The number of amides is 1. The van der Waals surface area contributed by atoms with E-state index in [1.807, 2.05) is 20.8 Å². The molecule has 0 spiro atoms. The van der Waals surface area contributed by atoms with Gasteiger partial charge in [-0.15, -0.1) is 0 Å². The quantitative estimate of drug-likeness (QED) is 0.743. The molecule has 4 heteroatoms. The van der Waals surface area contributed by atoms with Crippen LogP contribution < -0.4 is 11.1 Å². The van der Waals surface area contributed by atoms with E-state index in [1.54, 1.807) is 0 Å². The molecule has 4 nitrogen and oxygen atoms in total. The SMILES string of the molecule is CCC(C)(C)NC(=O)COC1CCCC1N. The number of hydrogen-bond donors (Lipinski definition) is 2. The summed E-state index contributed by atoms with van der Waals surface area (Å²) in [4.78, 5) is 11.6. The van der Waals surface area contributed by atoms with E-state index in [4.69, 9.17) is 10.5 Å². The molecule has 1 amide bonds. The smallest absolute Gasteiger partial charge is 0.246 e. The van der Waals surface area contributed by atoms with Crippen molar-refractivity contribution in [2.75, 3.05) is 6.61 Å². The van der Waals surface area contributed by atoms with Crippen LogP contribution >= 0.6 is 0 Å². The number of nitrogens with one attached hydrogen (secondary N) is 1. The van der Waals surface area contributed by atoms with Crippen LogP contribution in [0, 0.1) is 0 Å². The predicted molar refractivity (Wildman–Crippen MR) is 64.1 cm³/mol. The van der Waals surface area contributed by atoms with Crippen molar-refractivity contribution in [2.45, 2.75) is 64.1 Å². The molecule has 16 heavy (non-hydrogen) atoms. The van der Waals surface area contributed by atoms with Gasteiger partial charge in [-0.1, -0.05) is 6.92 Å². The highest BCUT2D eigenvalue weighted by Gasteiger charge is 2.26. The fourth-order valence-electron chi connectivity index (χ4n) is 1.85. The van der Waals surface area contributed by atoms with E-state index in [0.717, 1.165) is 25.7 Å². The highest BCUT2D eigenvalue weighted by Crippen LogP contribution is 2.20. The fraction of sp³-hybridized carbons (Fsp3) is 0.917. The third kappa shape index (κ3) is 4.10. The summed E-state index contributed by atoms with van der Waals surface area (Å²) in [5.74, 6) is -0.0500. The van der Waals surface area contributed by atoms with Gasteiger partial charge in [0.25, 0.3) is 0 Å². The maximum atomic E-state index is 11.6. The third-order valence-corrected chi connectivity index (χ3v) is 3.29. The summed E-state index contributed by atoms with van der Waals surface area (Å²) in [7, 11) is 0. The second-order valence-electron chi connectivity index (χ2n) is 5.23. The predicted octanol–water partition coefficient (Wildman–Crippen LogP) is 1.19. The first kappa shape index (κ1) is 13.5. The lowest BCUT2D eigenvalue weighted by molar-refractivity contribution is -0.129. The average molecular weight is 228 g/mol. The van der Waals surface area contributed by atoms with Crippen molar-refractivity contribution in [1.82, 2.24) is 5.32 Å².